The van der Waals surface area contributed by atoms with Crippen LogP contribution in [0.3, 0.4) is 0 Å². The van der Waals surface area contributed by atoms with Gasteiger partial charge >= 0.3 is 0 Å². The molecule has 0 fully saturated rings. The van der Waals surface area contributed by atoms with Gasteiger partial charge in [-0.1, -0.05) is 0 Å². The van der Waals surface area contributed by atoms with Crippen LogP contribution in [0, 0.1) is 0 Å². The summed E-state index contributed by atoms with van der Waals surface area (Å²) in [6.45, 7) is 0. The molecule has 0 heterocycles. The largest absolute Gasteiger partial charge is 0.508 e. The van der Waals surface area contributed by atoms with Crippen molar-refractivity contribution in [3.05, 3.63) is 23.8 Å². The Hall–Kier alpha value is -1.71. The SMILES string of the molecule is N/N=C\c1ccc(O)cc1O. The summed E-state index contributed by atoms with van der Waals surface area (Å²) in [4.78, 5) is 0. The highest BCUT2D eigenvalue weighted by atomic mass is 16.3. The number of phenols is 2. The third-order valence-electron chi connectivity index (χ3n) is 1.23. The Balaban J connectivity index is 3.09. The third-order valence-corrected chi connectivity index (χ3v) is 1.23. The van der Waals surface area contributed by atoms with Crippen molar-refractivity contribution in [1.82, 2.24) is 0 Å². The van der Waals surface area contributed by atoms with Gasteiger partial charge in [-0.2, -0.15) is 5.10 Å². The highest BCUT2D eigenvalue weighted by molar-refractivity contribution is 5.83. The van der Waals surface area contributed by atoms with E-state index in [-0.39, 0.29) is 11.5 Å². The minimum atomic E-state index is -0.0424. The zero-order chi connectivity index (χ0) is 8.27. The molecule has 4 nitrogen and oxygen atoms in total. The predicted molar refractivity (Wildman–Crippen MR) is 41.6 cm³/mol. The minimum Gasteiger partial charge on any atom is -0.508 e. The van der Waals surface area contributed by atoms with E-state index >= 15 is 0 Å². The molecule has 0 spiro atoms. The first-order valence-corrected chi connectivity index (χ1v) is 2.99. The summed E-state index contributed by atoms with van der Waals surface area (Å²) >= 11 is 0. The first-order chi connectivity index (χ1) is 5.24. The van der Waals surface area contributed by atoms with Gasteiger partial charge < -0.3 is 16.1 Å². The van der Waals surface area contributed by atoms with Crippen molar-refractivity contribution in [3.63, 3.8) is 0 Å². The van der Waals surface area contributed by atoms with E-state index in [1.165, 1.54) is 24.4 Å². The molecule has 0 aromatic heterocycles. The van der Waals surface area contributed by atoms with Crippen molar-refractivity contribution in [2.75, 3.05) is 0 Å². The average Bonchev–Trinajstić information content (AvgIpc) is 1.95. The van der Waals surface area contributed by atoms with Crippen molar-refractivity contribution in [1.29, 1.82) is 0 Å². The number of nitrogens with zero attached hydrogens (tertiary/aromatic N) is 1. The quantitative estimate of drug-likeness (QED) is 0.309. The lowest BCUT2D eigenvalue weighted by atomic mass is 10.2. The van der Waals surface area contributed by atoms with Gasteiger partial charge in [0.2, 0.25) is 0 Å². The van der Waals surface area contributed by atoms with Gasteiger partial charge in [-0.25, -0.2) is 0 Å². The van der Waals surface area contributed by atoms with Crippen molar-refractivity contribution >= 4 is 6.21 Å². The Morgan fingerprint density at radius 2 is 2.09 bits per heavy atom. The van der Waals surface area contributed by atoms with E-state index in [0.29, 0.717) is 5.56 Å². The molecule has 1 rings (SSSR count). The fraction of sp³-hybridized carbons (Fsp3) is 0. The highest BCUT2D eigenvalue weighted by Gasteiger charge is 1.97. The second-order valence-electron chi connectivity index (χ2n) is 2.02. The van der Waals surface area contributed by atoms with E-state index in [9.17, 15) is 0 Å². The molecule has 0 aliphatic heterocycles. The maximum Gasteiger partial charge on any atom is 0.128 e. The molecular formula is C7H8N2O2. The number of aromatic hydroxyl groups is 2. The number of phenolic OH excluding ortho intramolecular Hbond substituents is 2. The Morgan fingerprint density at radius 1 is 1.36 bits per heavy atom. The van der Waals surface area contributed by atoms with Gasteiger partial charge in [-0.05, 0) is 12.1 Å². The molecule has 0 aliphatic rings. The Bertz CT molecular complexity index is 284. The molecule has 4 heteroatoms. The van der Waals surface area contributed by atoms with Gasteiger partial charge in [0.05, 0.1) is 6.21 Å². The second kappa shape index (κ2) is 2.92. The van der Waals surface area contributed by atoms with E-state index < -0.39 is 0 Å². The van der Waals surface area contributed by atoms with E-state index in [1.54, 1.807) is 0 Å². The number of rotatable bonds is 1. The summed E-state index contributed by atoms with van der Waals surface area (Å²) in [6.07, 6.45) is 1.30. The van der Waals surface area contributed by atoms with Crippen molar-refractivity contribution in [2.24, 2.45) is 10.9 Å². The zero-order valence-corrected chi connectivity index (χ0v) is 5.73. The fourth-order valence-corrected chi connectivity index (χ4v) is 0.722. The molecule has 0 aliphatic carbocycles. The molecule has 0 radical (unpaired) electrons. The highest BCUT2D eigenvalue weighted by Crippen LogP contribution is 2.20. The van der Waals surface area contributed by atoms with E-state index in [2.05, 4.69) is 5.10 Å². The van der Waals surface area contributed by atoms with E-state index in [4.69, 9.17) is 16.1 Å². The third kappa shape index (κ3) is 1.61. The van der Waals surface area contributed by atoms with Gasteiger partial charge in [0.1, 0.15) is 11.5 Å². The van der Waals surface area contributed by atoms with Gasteiger partial charge in [0.25, 0.3) is 0 Å². The fourth-order valence-electron chi connectivity index (χ4n) is 0.722. The molecule has 0 amide bonds. The van der Waals surface area contributed by atoms with Crippen molar-refractivity contribution in [2.45, 2.75) is 0 Å². The van der Waals surface area contributed by atoms with Crippen molar-refractivity contribution < 1.29 is 10.2 Å². The molecule has 0 saturated heterocycles. The lowest BCUT2D eigenvalue weighted by Crippen LogP contribution is -1.86. The van der Waals surface area contributed by atoms with Crippen molar-refractivity contribution in [3.8, 4) is 11.5 Å². The van der Waals surface area contributed by atoms with Crippen LogP contribution in [0.25, 0.3) is 0 Å². The minimum absolute atomic E-state index is 0.0108. The lowest BCUT2D eigenvalue weighted by molar-refractivity contribution is 0.450. The summed E-state index contributed by atoms with van der Waals surface area (Å²) in [6, 6.07) is 4.18. The Morgan fingerprint density at radius 3 is 2.64 bits per heavy atom. The molecule has 1 aromatic carbocycles. The maximum atomic E-state index is 9.12. The molecule has 1 aromatic rings. The summed E-state index contributed by atoms with van der Waals surface area (Å²) in [5.41, 5.74) is 0.477. The summed E-state index contributed by atoms with van der Waals surface area (Å²) < 4.78 is 0. The van der Waals surface area contributed by atoms with E-state index in [1.807, 2.05) is 0 Å². The van der Waals surface area contributed by atoms with Crippen LogP contribution in [0.1, 0.15) is 5.56 Å². The molecule has 0 atom stereocenters. The molecule has 58 valence electrons. The number of hydrogen-bond donors (Lipinski definition) is 3. The van der Waals surface area contributed by atoms with E-state index in [0.717, 1.165) is 0 Å². The Kier molecular flexibility index (Phi) is 1.96. The summed E-state index contributed by atoms with van der Waals surface area (Å²) in [5.74, 6) is 4.83. The lowest BCUT2D eigenvalue weighted by Gasteiger charge is -1.97. The van der Waals surface area contributed by atoms with Gasteiger partial charge in [-0.3, -0.25) is 0 Å². The smallest absolute Gasteiger partial charge is 0.128 e. The molecule has 0 unspecified atom stereocenters. The maximum absolute atomic E-state index is 9.12. The first-order valence-electron chi connectivity index (χ1n) is 2.99. The number of hydrazone groups is 1. The molecule has 0 bridgehead atoms. The van der Waals surface area contributed by atoms with Crippen LogP contribution in [-0.4, -0.2) is 16.4 Å². The summed E-state index contributed by atoms with van der Waals surface area (Å²) in [7, 11) is 0. The van der Waals surface area contributed by atoms with Crippen LogP contribution >= 0.6 is 0 Å². The molecule has 0 saturated carbocycles. The first kappa shape index (κ1) is 7.40. The number of benzene rings is 1. The molecule has 11 heavy (non-hydrogen) atoms. The summed E-state index contributed by atoms with van der Waals surface area (Å²) in [5, 5.41) is 21.2. The topological polar surface area (TPSA) is 78.8 Å². The zero-order valence-electron chi connectivity index (χ0n) is 5.73. The van der Waals surface area contributed by atoms with Crippen LogP contribution in [-0.2, 0) is 0 Å². The number of nitrogens with two attached hydrogens (primary N) is 1. The van der Waals surface area contributed by atoms with Crippen LogP contribution < -0.4 is 5.84 Å². The second-order valence-corrected chi connectivity index (χ2v) is 2.02. The van der Waals surface area contributed by atoms with Crippen LogP contribution in [0.4, 0.5) is 0 Å². The van der Waals surface area contributed by atoms with Gasteiger partial charge in [-0.15, -0.1) is 0 Å². The molecule has 4 N–H and O–H groups in total. The predicted octanol–water partition coefficient (Wildman–Crippen LogP) is 0.390. The Labute approximate surface area is 63.6 Å². The molecular weight excluding hydrogens is 144 g/mol. The standard InChI is InChI=1S/C7H8N2O2/c8-9-4-5-1-2-6(10)3-7(5)11/h1-4,10-11H,8H2/b9-4-. The number of hydrogen-bond acceptors (Lipinski definition) is 4. The van der Waals surface area contributed by atoms with Crippen LogP contribution in [0.2, 0.25) is 0 Å². The average molecular weight is 152 g/mol. The van der Waals surface area contributed by atoms with Crippen LogP contribution in [0.5, 0.6) is 11.5 Å². The normalized spacial score (nSPS) is 10.5. The monoisotopic (exact) mass is 152 g/mol. The van der Waals surface area contributed by atoms with Gasteiger partial charge in [0, 0.05) is 11.6 Å². The van der Waals surface area contributed by atoms with Crippen LogP contribution in [0.15, 0.2) is 23.3 Å². The van der Waals surface area contributed by atoms with Gasteiger partial charge in [0.15, 0.2) is 0 Å².